The van der Waals surface area contributed by atoms with Crippen LogP contribution in [0.2, 0.25) is 0 Å². The van der Waals surface area contributed by atoms with Gasteiger partial charge in [-0.05, 0) is 43.9 Å². The van der Waals surface area contributed by atoms with Crippen LogP contribution in [-0.2, 0) is 11.3 Å². The highest BCUT2D eigenvalue weighted by molar-refractivity contribution is 5.94. The first-order valence-electron chi connectivity index (χ1n) is 11.5. The number of hydrogen-bond acceptors (Lipinski definition) is 4. The summed E-state index contributed by atoms with van der Waals surface area (Å²) in [5, 5.41) is 3.20. The summed E-state index contributed by atoms with van der Waals surface area (Å²) in [7, 11) is 5.81. The molecule has 3 aromatic rings. The normalized spacial score (nSPS) is 11.9. The van der Waals surface area contributed by atoms with E-state index in [9.17, 15) is 4.79 Å². The minimum absolute atomic E-state index is 0.0671. The molecule has 5 heteroatoms. The predicted octanol–water partition coefficient (Wildman–Crippen LogP) is 4.90. The fourth-order valence-corrected chi connectivity index (χ4v) is 3.79. The number of benzene rings is 3. The van der Waals surface area contributed by atoms with Gasteiger partial charge < -0.3 is 19.9 Å². The summed E-state index contributed by atoms with van der Waals surface area (Å²) < 4.78 is 6.47. The molecule has 0 aliphatic rings. The summed E-state index contributed by atoms with van der Waals surface area (Å²) >= 11 is 0. The molecule has 5 nitrogen and oxygen atoms in total. The quantitative estimate of drug-likeness (QED) is 0.431. The lowest BCUT2D eigenvalue weighted by Crippen LogP contribution is -2.31. The first-order valence-corrected chi connectivity index (χ1v) is 11.5. The summed E-state index contributed by atoms with van der Waals surface area (Å²) in [5.41, 5.74) is 3.16. The van der Waals surface area contributed by atoms with Crippen molar-refractivity contribution in [3.63, 3.8) is 0 Å². The fraction of sp³-hybridized carbons (Fsp3) is 0.321. The van der Waals surface area contributed by atoms with Crippen LogP contribution in [0.25, 0.3) is 0 Å². The number of anilines is 1. The van der Waals surface area contributed by atoms with Gasteiger partial charge in [0, 0.05) is 33.0 Å². The number of carbonyl (C=O) groups excluding carboxylic acids is 1. The standard InChI is InChI=1S/C28H35N3O2/c1-29-20-18-26(24-14-8-5-9-15-24)33-27-17-11-10-16-25(27)31(3)28(32)19-21-30(2)22-23-12-6-4-7-13-23/h4-17,26,29H,18-22H2,1-3H3. The van der Waals surface area contributed by atoms with Crippen molar-refractivity contribution in [2.45, 2.75) is 25.5 Å². The average Bonchev–Trinajstić information content (AvgIpc) is 2.86. The molecule has 0 bridgehead atoms. The van der Waals surface area contributed by atoms with Crippen LogP contribution >= 0.6 is 0 Å². The smallest absolute Gasteiger partial charge is 0.228 e. The number of ether oxygens (including phenoxy) is 1. The second-order valence-electron chi connectivity index (χ2n) is 8.30. The van der Waals surface area contributed by atoms with E-state index in [0.29, 0.717) is 13.0 Å². The second kappa shape index (κ2) is 12.8. The van der Waals surface area contributed by atoms with E-state index < -0.39 is 0 Å². The Morgan fingerprint density at radius 1 is 0.909 bits per heavy atom. The predicted molar refractivity (Wildman–Crippen MR) is 136 cm³/mol. The van der Waals surface area contributed by atoms with E-state index in [0.717, 1.165) is 36.5 Å². The maximum atomic E-state index is 13.0. The van der Waals surface area contributed by atoms with Gasteiger partial charge in [0.25, 0.3) is 0 Å². The molecule has 0 saturated heterocycles. The van der Waals surface area contributed by atoms with Crippen molar-refractivity contribution < 1.29 is 9.53 Å². The molecule has 0 aromatic heterocycles. The van der Waals surface area contributed by atoms with Gasteiger partial charge in [-0.2, -0.15) is 0 Å². The fourth-order valence-electron chi connectivity index (χ4n) is 3.79. The van der Waals surface area contributed by atoms with Crippen LogP contribution in [0.4, 0.5) is 5.69 Å². The van der Waals surface area contributed by atoms with Crippen LogP contribution in [0, 0.1) is 0 Å². The van der Waals surface area contributed by atoms with Crippen molar-refractivity contribution in [3.05, 3.63) is 96.1 Å². The summed E-state index contributed by atoms with van der Waals surface area (Å²) in [6.45, 7) is 2.35. The van der Waals surface area contributed by atoms with E-state index in [2.05, 4.69) is 34.5 Å². The molecule has 0 aliphatic heterocycles. The van der Waals surface area contributed by atoms with Crippen molar-refractivity contribution in [2.75, 3.05) is 39.1 Å². The van der Waals surface area contributed by atoms with Crippen molar-refractivity contribution in [3.8, 4) is 5.75 Å². The van der Waals surface area contributed by atoms with Gasteiger partial charge in [0.2, 0.25) is 5.91 Å². The maximum absolute atomic E-state index is 13.0. The van der Waals surface area contributed by atoms with E-state index >= 15 is 0 Å². The number of para-hydroxylation sites is 2. The highest BCUT2D eigenvalue weighted by atomic mass is 16.5. The number of rotatable bonds is 12. The van der Waals surface area contributed by atoms with Gasteiger partial charge in [-0.1, -0.05) is 72.8 Å². The molecule has 33 heavy (non-hydrogen) atoms. The van der Waals surface area contributed by atoms with Crippen LogP contribution in [0.15, 0.2) is 84.9 Å². The van der Waals surface area contributed by atoms with E-state index in [1.807, 2.05) is 81.8 Å². The van der Waals surface area contributed by atoms with E-state index in [1.165, 1.54) is 5.56 Å². The Morgan fingerprint density at radius 3 is 2.24 bits per heavy atom. The van der Waals surface area contributed by atoms with E-state index in [-0.39, 0.29) is 12.0 Å². The van der Waals surface area contributed by atoms with E-state index in [1.54, 1.807) is 4.90 Å². The maximum Gasteiger partial charge on any atom is 0.228 e. The highest BCUT2D eigenvalue weighted by Crippen LogP contribution is 2.33. The van der Waals surface area contributed by atoms with Crippen LogP contribution < -0.4 is 15.0 Å². The van der Waals surface area contributed by atoms with Gasteiger partial charge >= 0.3 is 0 Å². The molecule has 1 atom stereocenters. The minimum Gasteiger partial charge on any atom is -0.483 e. The molecule has 0 radical (unpaired) electrons. The molecule has 0 aliphatic carbocycles. The van der Waals surface area contributed by atoms with Crippen molar-refractivity contribution in [1.29, 1.82) is 0 Å². The molecule has 1 amide bonds. The molecule has 0 heterocycles. The van der Waals surface area contributed by atoms with Gasteiger partial charge in [-0.25, -0.2) is 0 Å². The third-order valence-electron chi connectivity index (χ3n) is 5.70. The van der Waals surface area contributed by atoms with Crippen molar-refractivity contribution >= 4 is 11.6 Å². The lowest BCUT2D eigenvalue weighted by molar-refractivity contribution is -0.118. The molecule has 3 aromatic carbocycles. The minimum atomic E-state index is -0.0969. The van der Waals surface area contributed by atoms with Gasteiger partial charge in [-0.15, -0.1) is 0 Å². The molecule has 1 unspecified atom stereocenters. The Kier molecular flexibility index (Phi) is 9.48. The number of carbonyl (C=O) groups is 1. The van der Waals surface area contributed by atoms with Crippen molar-refractivity contribution in [2.24, 2.45) is 0 Å². The largest absolute Gasteiger partial charge is 0.483 e. The Bertz CT molecular complexity index is 979. The molecule has 0 spiro atoms. The topological polar surface area (TPSA) is 44.8 Å². The van der Waals surface area contributed by atoms with Crippen LogP contribution in [-0.4, -0.2) is 45.0 Å². The Labute approximate surface area is 198 Å². The molecular formula is C28H35N3O2. The first kappa shape index (κ1) is 24.5. The summed E-state index contributed by atoms with van der Waals surface area (Å²) in [6, 6.07) is 28.3. The molecule has 174 valence electrons. The lowest BCUT2D eigenvalue weighted by Gasteiger charge is -2.25. The molecule has 3 rings (SSSR count). The number of amides is 1. The van der Waals surface area contributed by atoms with Gasteiger partial charge in [-0.3, -0.25) is 4.79 Å². The number of hydrogen-bond donors (Lipinski definition) is 1. The van der Waals surface area contributed by atoms with Gasteiger partial charge in [0.05, 0.1) is 5.69 Å². The highest BCUT2D eigenvalue weighted by Gasteiger charge is 2.19. The zero-order valence-electron chi connectivity index (χ0n) is 19.9. The summed E-state index contributed by atoms with van der Waals surface area (Å²) in [5.74, 6) is 0.786. The lowest BCUT2D eigenvalue weighted by atomic mass is 10.1. The average molecular weight is 446 g/mol. The SMILES string of the molecule is CNCCC(Oc1ccccc1N(C)C(=O)CCN(C)Cc1ccccc1)c1ccccc1. The molecule has 0 fully saturated rings. The number of nitrogens with zero attached hydrogens (tertiary/aromatic N) is 2. The third-order valence-corrected chi connectivity index (χ3v) is 5.70. The Balaban J connectivity index is 1.65. The van der Waals surface area contributed by atoms with Crippen molar-refractivity contribution in [1.82, 2.24) is 10.2 Å². The monoisotopic (exact) mass is 445 g/mol. The summed E-state index contributed by atoms with van der Waals surface area (Å²) in [4.78, 5) is 16.9. The molecule has 1 N–H and O–H groups in total. The third kappa shape index (κ3) is 7.45. The Morgan fingerprint density at radius 2 is 1.55 bits per heavy atom. The zero-order valence-corrected chi connectivity index (χ0v) is 19.9. The zero-order chi connectivity index (χ0) is 23.5. The van der Waals surface area contributed by atoms with Gasteiger partial charge in [0.15, 0.2) is 0 Å². The Hall–Kier alpha value is -3.15. The van der Waals surface area contributed by atoms with Crippen LogP contribution in [0.5, 0.6) is 5.75 Å². The number of nitrogens with one attached hydrogen (secondary N) is 1. The van der Waals surface area contributed by atoms with Gasteiger partial charge in [0.1, 0.15) is 11.9 Å². The summed E-state index contributed by atoms with van der Waals surface area (Å²) in [6.07, 6.45) is 1.17. The molecule has 0 saturated carbocycles. The van der Waals surface area contributed by atoms with E-state index in [4.69, 9.17) is 4.74 Å². The van der Waals surface area contributed by atoms with Crippen LogP contribution in [0.1, 0.15) is 30.1 Å². The molecular weight excluding hydrogens is 410 g/mol. The second-order valence-corrected chi connectivity index (χ2v) is 8.30. The van der Waals surface area contributed by atoms with Crippen LogP contribution in [0.3, 0.4) is 0 Å². The first-order chi connectivity index (χ1) is 16.1.